The molecule has 2 aromatic rings. The molecule has 1 N–H and O–H groups in total. The maximum Gasteiger partial charge on any atom is 0.258 e. The first-order valence-corrected chi connectivity index (χ1v) is 10.5. The van der Waals surface area contributed by atoms with E-state index in [1.807, 2.05) is 12.1 Å². The summed E-state index contributed by atoms with van der Waals surface area (Å²) in [5, 5.41) is 3.01. The first-order chi connectivity index (χ1) is 14.2. The minimum absolute atomic E-state index is 0.00663. The summed E-state index contributed by atoms with van der Waals surface area (Å²) in [6.45, 7) is 3.94. The van der Waals surface area contributed by atoms with Gasteiger partial charge in [-0.2, -0.15) is 0 Å². The van der Waals surface area contributed by atoms with E-state index in [1.54, 1.807) is 6.20 Å². The molecule has 2 bridgehead atoms. The Kier molecular flexibility index (Phi) is 5.30. The molecule has 0 atom stereocenters. The molecule has 1 amide bonds. The first-order valence-electron chi connectivity index (χ1n) is 10.1. The van der Waals surface area contributed by atoms with Crippen LogP contribution in [0.1, 0.15) is 61.5 Å². The summed E-state index contributed by atoms with van der Waals surface area (Å²) < 4.78 is 18.8. The molecule has 1 heterocycles. The molecule has 3 aliphatic rings. The zero-order chi connectivity index (χ0) is 21.5. The Morgan fingerprint density at radius 1 is 1.23 bits per heavy atom. The number of aromatic nitrogens is 1. The van der Waals surface area contributed by atoms with Crippen molar-refractivity contribution in [2.24, 2.45) is 5.41 Å². The van der Waals surface area contributed by atoms with Gasteiger partial charge in [-0.05, 0) is 54.9 Å². The topological polar surface area (TPSA) is 68.3 Å². The maximum atomic E-state index is 13.4. The van der Waals surface area contributed by atoms with Crippen molar-refractivity contribution in [2.75, 3.05) is 6.61 Å². The van der Waals surface area contributed by atoms with Crippen molar-refractivity contribution in [3.05, 3.63) is 58.6 Å². The fraction of sp³-hybridized carbons (Fsp3) is 0.435. The fourth-order valence-corrected chi connectivity index (χ4v) is 4.84. The average molecular weight is 431 g/mol. The number of nitrogens with one attached hydrogen (secondary N) is 1. The van der Waals surface area contributed by atoms with Gasteiger partial charge in [0.15, 0.2) is 12.4 Å². The lowest BCUT2D eigenvalue weighted by Crippen LogP contribution is -2.75. The molecule has 5 nitrogen and oxygen atoms in total. The Morgan fingerprint density at radius 2 is 1.97 bits per heavy atom. The number of ketones is 1. The van der Waals surface area contributed by atoms with Crippen LogP contribution in [-0.2, 0) is 4.79 Å². The minimum Gasteiger partial charge on any atom is -0.484 e. The number of carbonyl (C=O) groups excluding carboxylic acids is 2. The minimum atomic E-state index is -0.588. The Hall–Kier alpha value is -2.47. The summed E-state index contributed by atoms with van der Waals surface area (Å²) >= 11 is 5.63. The lowest BCUT2D eigenvalue weighted by molar-refractivity contribution is -0.164. The van der Waals surface area contributed by atoms with Crippen LogP contribution in [0, 0.1) is 11.2 Å². The SMILES string of the molecule is CC(C)c1ccc(C(=O)CC23CC(NC(=O)COc4ccc(Cl)c(F)c4)(C2)C3)cn1. The van der Waals surface area contributed by atoms with Crippen LogP contribution < -0.4 is 10.1 Å². The van der Waals surface area contributed by atoms with Crippen LogP contribution in [0.4, 0.5) is 4.39 Å². The van der Waals surface area contributed by atoms with Crippen LogP contribution in [-0.4, -0.2) is 28.8 Å². The summed E-state index contributed by atoms with van der Waals surface area (Å²) in [7, 11) is 0. The molecule has 3 fully saturated rings. The van der Waals surface area contributed by atoms with Crippen LogP contribution >= 0.6 is 11.6 Å². The van der Waals surface area contributed by atoms with Gasteiger partial charge in [-0.1, -0.05) is 25.4 Å². The second-order valence-corrected chi connectivity index (χ2v) is 9.36. The van der Waals surface area contributed by atoms with E-state index in [2.05, 4.69) is 24.1 Å². The number of ether oxygens (including phenoxy) is 1. The highest BCUT2D eigenvalue weighted by atomic mass is 35.5. The van der Waals surface area contributed by atoms with Gasteiger partial charge >= 0.3 is 0 Å². The molecule has 1 aromatic carbocycles. The predicted molar refractivity (Wildman–Crippen MR) is 111 cm³/mol. The van der Waals surface area contributed by atoms with E-state index in [1.165, 1.54) is 12.1 Å². The van der Waals surface area contributed by atoms with E-state index >= 15 is 0 Å². The smallest absolute Gasteiger partial charge is 0.258 e. The van der Waals surface area contributed by atoms with Gasteiger partial charge in [-0.15, -0.1) is 0 Å². The predicted octanol–water partition coefficient (Wildman–Crippen LogP) is 4.69. The van der Waals surface area contributed by atoms with E-state index in [4.69, 9.17) is 16.3 Å². The molecule has 1 aromatic heterocycles. The maximum absolute atomic E-state index is 13.4. The van der Waals surface area contributed by atoms with Gasteiger partial charge in [0.05, 0.1) is 5.02 Å². The summed E-state index contributed by atoms with van der Waals surface area (Å²) in [5.74, 6) is -0.152. The molecule has 7 heteroatoms. The summed E-state index contributed by atoms with van der Waals surface area (Å²) in [6.07, 6.45) is 4.53. The number of halogens is 2. The van der Waals surface area contributed by atoms with Crippen molar-refractivity contribution >= 4 is 23.3 Å². The van der Waals surface area contributed by atoms with Crippen LogP contribution in [0.3, 0.4) is 0 Å². The number of nitrogens with zero attached hydrogens (tertiary/aromatic N) is 1. The van der Waals surface area contributed by atoms with Crippen molar-refractivity contribution < 1.29 is 18.7 Å². The Bertz CT molecular complexity index is 971. The molecule has 30 heavy (non-hydrogen) atoms. The van der Waals surface area contributed by atoms with Crippen LogP contribution in [0.5, 0.6) is 5.75 Å². The lowest BCUT2D eigenvalue weighted by atomic mass is 9.38. The third-order valence-electron chi connectivity index (χ3n) is 6.04. The Morgan fingerprint density at radius 3 is 2.57 bits per heavy atom. The molecule has 5 rings (SSSR count). The number of rotatable bonds is 8. The largest absolute Gasteiger partial charge is 0.484 e. The normalized spacial score (nSPS) is 24.0. The van der Waals surface area contributed by atoms with E-state index in [9.17, 15) is 14.0 Å². The Labute approximate surface area is 180 Å². The third kappa shape index (κ3) is 4.06. The van der Waals surface area contributed by atoms with Crippen molar-refractivity contribution in [1.29, 1.82) is 0 Å². The molecular formula is C23H24ClFN2O3. The van der Waals surface area contributed by atoms with Gasteiger partial charge in [-0.25, -0.2) is 4.39 Å². The highest BCUT2D eigenvalue weighted by Crippen LogP contribution is 2.69. The highest BCUT2D eigenvalue weighted by molar-refractivity contribution is 6.30. The monoisotopic (exact) mass is 430 g/mol. The molecule has 0 aliphatic heterocycles. The van der Waals surface area contributed by atoms with Gasteiger partial charge < -0.3 is 10.1 Å². The summed E-state index contributed by atoms with van der Waals surface area (Å²) in [5.41, 5.74) is 1.38. The van der Waals surface area contributed by atoms with E-state index in [0.29, 0.717) is 17.9 Å². The van der Waals surface area contributed by atoms with Gasteiger partial charge in [-0.3, -0.25) is 14.6 Å². The number of hydrogen-bond donors (Lipinski definition) is 1. The van der Waals surface area contributed by atoms with E-state index in [0.717, 1.165) is 31.0 Å². The number of pyridine rings is 1. The third-order valence-corrected chi connectivity index (χ3v) is 6.35. The van der Waals surface area contributed by atoms with Gasteiger partial charge in [0, 0.05) is 35.5 Å². The molecule has 0 unspecified atom stereocenters. The Balaban J connectivity index is 1.23. The summed E-state index contributed by atoms with van der Waals surface area (Å²) in [4.78, 5) is 29.2. The van der Waals surface area contributed by atoms with Gasteiger partial charge in [0.2, 0.25) is 0 Å². The number of carbonyl (C=O) groups is 2. The molecule has 3 saturated carbocycles. The highest BCUT2D eigenvalue weighted by Gasteiger charge is 2.68. The number of amides is 1. The van der Waals surface area contributed by atoms with Crippen LogP contribution in [0.15, 0.2) is 36.5 Å². The van der Waals surface area contributed by atoms with E-state index < -0.39 is 5.82 Å². The number of Topliss-reactive ketones (excluding diaryl/α,β-unsaturated/α-hetero) is 1. The molecule has 3 aliphatic carbocycles. The van der Waals surface area contributed by atoms with Crippen LogP contribution in [0.2, 0.25) is 5.02 Å². The molecule has 158 valence electrons. The molecule has 0 radical (unpaired) electrons. The van der Waals surface area contributed by atoms with Crippen molar-refractivity contribution in [3.8, 4) is 5.75 Å². The number of benzene rings is 1. The van der Waals surface area contributed by atoms with Gasteiger partial charge in [0.25, 0.3) is 5.91 Å². The second-order valence-electron chi connectivity index (χ2n) is 8.95. The zero-order valence-electron chi connectivity index (χ0n) is 17.0. The van der Waals surface area contributed by atoms with Crippen molar-refractivity contribution in [3.63, 3.8) is 0 Å². The van der Waals surface area contributed by atoms with Crippen molar-refractivity contribution in [2.45, 2.75) is 51.0 Å². The summed E-state index contributed by atoms with van der Waals surface area (Å²) in [6, 6.07) is 7.82. The molecule has 0 saturated heterocycles. The van der Waals surface area contributed by atoms with Crippen molar-refractivity contribution in [1.82, 2.24) is 10.3 Å². The first kappa shape index (κ1) is 20.8. The standard InChI is InChI=1S/C23H24ClFN2O3/c1-14(2)19-6-3-15(9-26-19)20(28)8-22-11-23(12-22,13-22)27-21(29)10-30-16-4-5-17(24)18(25)7-16/h3-7,9,14H,8,10-13H2,1-2H3,(H,27,29). The average Bonchev–Trinajstić information content (AvgIpc) is 2.66. The fourth-order valence-electron chi connectivity index (χ4n) is 4.72. The lowest BCUT2D eigenvalue weighted by Gasteiger charge is -2.70. The van der Waals surface area contributed by atoms with Crippen LogP contribution in [0.25, 0.3) is 0 Å². The molecule has 0 spiro atoms. The molecular weight excluding hydrogens is 407 g/mol. The van der Waals surface area contributed by atoms with Gasteiger partial charge in [0.1, 0.15) is 11.6 Å². The zero-order valence-corrected chi connectivity index (χ0v) is 17.8. The second kappa shape index (κ2) is 7.65. The number of hydrogen-bond acceptors (Lipinski definition) is 4. The van der Waals surface area contributed by atoms with E-state index in [-0.39, 0.29) is 40.0 Å². The quantitative estimate of drug-likeness (QED) is 0.617.